The lowest BCUT2D eigenvalue weighted by Gasteiger charge is -2.32. The molecule has 0 amide bonds. The summed E-state index contributed by atoms with van der Waals surface area (Å²) in [6, 6.07) is 8.38. The topological polar surface area (TPSA) is 43.2 Å². The summed E-state index contributed by atoms with van der Waals surface area (Å²) in [5.41, 5.74) is 1.28. The standard InChI is InChI=1S/C19H28N4O/c1-3-11-23-15-20-21-19(23)16-9-12-22(13-10-16)14-17-7-5-6-8-18(17)24-4-2/h5-8,15-16H,3-4,9-14H2,1-2H3. The van der Waals surface area contributed by atoms with Crippen molar-refractivity contribution in [2.24, 2.45) is 0 Å². The molecule has 24 heavy (non-hydrogen) atoms. The van der Waals surface area contributed by atoms with Crippen LogP contribution in [0.25, 0.3) is 0 Å². The van der Waals surface area contributed by atoms with Crippen LogP contribution in [0.15, 0.2) is 30.6 Å². The zero-order valence-electron chi connectivity index (χ0n) is 14.8. The molecule has 130 valence electrons. The van der Waals surface area contributed by atoms with Crippen LogP contribution in [0, 0.1) is 0 Å². The van der Waals surface area contributed by atoms with E-state index in [9.17, 15) is 0 Å². The van der Waals surface area contributed by atoms with Crippen molar-refractivity contribution < 1.29 is 4.74 Å². The van der Waals surface area contributed by atoms with Crippen molar-refractivity contribution in [2.45, 2.75) is 52.1 Å². The maximum atomic E-state index is 5.75. The highest BCUT2D eigenvalue weighted by molar-refractivity contribution is 5.33. The summed E-state index contributed by atoms with van der Waals surface area (Å²) < 4.78 is 7.98. The molecule has 0 bridgehead atoms. The second kappa shape index (κ2) is 8.29. The number of rotatable bonds is 7. The van der Waals surface area contributed by atoms with E-state index in [1.165, 1.54) is 11.4 Å². The highest BCUT2D eigenvalue weighted by Gasteiger charge is 2.24. The molecule has 0 atom stereocenters. The number of piperidine rings is 1. The first-order chi connectivity index (χ1) is 11.8. The van der Waals surface area contributed by atoms with E-state index in [2.05, 4.69) is 44.8 Å². The average molecular weight is 328 g/mol. The highest BCUT2D eigenvalue weighted by Crippen LogP contribution is 2.28. The van der Waals surface area contributed by atoms with Crippen molar-refractivity contribution in [1.29, 1.82) is 0 Å². The third-order valence-electron chi connectivity index (χ3n) is 4.73. The van der Waals surface area contributed by atoms with Crippen LogP contribution in [0.3, 0.4) is 0 Å². The minimum atomic E-state index is 0.539. The monoisotopic (exact) mass is 328 g/mol. The molecule has 2 aromatic rings. The van der Waals surface area contributed by atoms with E-state index in [1.54, 1.807) is 0 Å². The van der Waals surface area contributed by atoms with E-state index in [-0.39, 0.29) is 0 Å². The zero-order chi connectivity index (χ0) is 16.8. The van der Waals surface area contributed by atoms with Gasteiger partial charge in [0.1, 0.15) is 17.9 Å². The van der Waals surface area contributed by atoms with Crippen LogP contribution in [0.2, 0.25) is 0 Å². The molecule has 1 aromatic carbocycles. The largest absolute Gasteiger partial charge is 0.494 e. The first-order valence-corrected chi connectivity index (χ1v) is 9.12. The summed E-state index contributed by atoms with van der Waals surface area (Å²) in [6.07, 6.45) is 5.31. The van der Waals surface area contributed by atoms with Gasteiger partial charge in [0.15, 0.2) is 0 Å². The van der Waals surface area contributed by atoms with Crippen LogP contribution < -0.4 is 4.74 Å². The van der Waals surface area contributed by atoms with Gasteiger partial charge in [-0.05, 0) is 45.3 Å². The van der Waals surface area contributed by atoms with Crippen LogP contribution in [-0.4, -0.2) is 39.4 Å². The molecule has 3 rings (SSSR count). The molecule has 2 heterocycles. The van der Waals surface area contributed by atoms with E-state index in [1.807, 2.05) is 19.3 Å². The summed E-state index contributed by atoms with van der Waals surface area (Å²) in [7, 11) is 0. The lowest BCUT2D eigenvalue weighted by Crippen LogP contribution is -2.33. The molecule has 0 radical (unpaired) electrons. The fourth-order valence-electron chi connectivity index (χ4n) is 3.51. The van der Waals surface area contributed by atoms with Gasteiger partial charge in [0.25, 0.3) is 0 Å². The fourth-order valence-corrected chi connectivity index (χ4v) is 3.51. The lowest BCUT2D eigenvalue weighted by atomic mass is 9.95. The van der Waals surface area contributed by atoms with E-state index in [4.69, 9.17) is 4.74 Å². The normalized spacial score (nSPS) is 16.4. The molecule has 0 aliphatic carbocycles. The van der Waals surface area contributed by atoms with Crippen LogP contribution in [0.5, 0.6) is 5.75 Å². The maximum Gasteiger partial charge on any atom is 0.136 e. The number of aryl methyl sites for hydroxylation is 1. The number of ether oxygens (including phenoxy) is 1. The van der Waals surface area contributed by atoms with E-state index in [0.29, 0.717) is 12.5 Å². The first-order valence-electron chi connectivity index (χ1n) is 9.12. The van der Waals surface area contributed by atoms with Gasteiger partial charge in [-0.2, -0.15) is 0 Å². The second-order valence-corrected chi connectivity index (χ2v) is 6.47. The smallest absolute Gasteiger partial charge is 0.136 e. The Morgan fingerprint density at radius 2 is 1.96 bits per heavy atom. The summed E-state index contributed by atoms with van der Waals surface area (Å²) in [4.78, 5) is 2.52. The van der Waals surface area contributed by atoms with Crippen molar-refractivity contribution in [3.8, 4) is 5.75 Å². The number of likely N-dealkylation sites (tertiary alicyclic amines) is 1. The molecule has 0 saturated carbocycles. The third kappa shape index (κ3) is 3.96. The summed E-state index contributed by atoms with van der Waals surface area (Å²) in [5.74, 6) is 2.73. The molecule has 1 aliphatic heterocycles. The number of benzene rings is 1. The van der Waals surface area contributed by atoms with Crippen LogP contribution >= 0.6 is 0 Å². The van der Waals surface area contributed by atoms with Crippen molar-refractivity contribution in [1.82, 2.24) is 19.7 Å². The van der Waals surface area contributed by atoms with Crippen LogP contribution in [0.4, 0.5) is 0 Å². The van der Waals surface area contributed by atoms with Gasteiger partial charge >= 0.3 is 0 Å². The first kappa shape index (κ1) is 17.0. The van der Waals surface area contributed by atoms with Crippen LogP contribution in [0.1, 0.15) is 50.4 Å². The van der Waals surface area contributed by atoms with E-state index < -0.39 is 0 Å². The Morgan fingerprint density at radius 3 is 2.71 bits per heavy atom. The van der Waals surface area contributed by atoms with Crippen molar-refractivity contribution in [2.75, 3.05) is 19.7 Å². The summed E-state index contributed by atoms with van der Waals surface area (Å²) >= 11 is 0. The number of aromatic nitrogens is 3. The third-order valence-corrected chi connectivity index (χ3v) is 4.73. The number of hydrogen-bond donors (Lipinski definition) is 0. The Bertz CT molecular complexity index is 632. The molecule has 0 spiro atoms. The van der Waals surface area contributed by atoms with Gasteiger partial charge < -0.3 is 9.30 Å². The molecular weight excluding hydrogens is 300 g/mol. The summed E-state index contributed by atoms with van der Waals surface area (Å²) in [6.45, 7) is 9.13. The Kier molecular flexibility index (Phi) is 5.86. The van der Waals surface area contributed by atoms with Crippen LogP contribution in [-0.2, 0) is 13.1 Å². The minimum Gasteiger partial charge on any atom is -0.494 e. The fraction of sp³-hybridized carbons (Fsp3) is 0.579. The quantitative estimate of drug-likeness (QED) is 0.780. The predicted octanol–water partition coefficient (Wildman–Crippen LogP) is 3.47. The summed E-state index contributed by atoms with van der Waals surface area (Å²) in [5, 5.41) is 8.50. The van der Waals surface area contributed by atoms with Gasteiger partial charge in [-0.3, -0.25) is 4.90 Å². The van der Waals surface area contributed by atoms with Gasteiger partial charge in [0.2, 0.25) is 0 Å². The lowest BCUT2D eigenvalue weighted by molar-refractivity contribution is 0.197. The van der Waals surface area contributed by atoms with Gasteiger partial charge in [0, 0.05) is 24.6 Å². The maximum absolute atomic E-state index is 5.75. The Morgan fingerprint density at radius 1 is 1.17 bits per heavy atom. The minimum absolute atomic E-state index is 0.539. The molecule has 1 fully saturated rings. The van der Waals surface area contributed by atoms with E-state index >= 15 is 0 Å². The second-order valence-electron chi connectivity index (χ2n) is 6.47. The van der Waals surface area contributed by atoms with Gasteiger partial charge in [-0.1, -0.05) is 25.1 Å². The van der Waals surface area contributed by atoms with Crippen molar-refractivity contribution >= 4 is 0 Å². The van der Waals surface area contributed by atoms with Crippen molar-refractivity contribution in [3.63, 3.8) is 0 Å². The number of para-hydroxylation sites is 1. The molecule has 1 aliphatic rings. The molecule has 1 aromatic heterocycles. The molecular formula is C19H28N4O. The molecule has 5 heteroatoms. The Balaban J connectivity index is 1.58. The van der Waals surface area contributed by atoms with Crippen molar-refractivity contribution in [3.05, 3.63) is 42.0 Å². The van der Waals surface area contributed by atoms with Gasteiger partial charge in [-0.15, -0.1) is 10.2 Å². The molecule has 0 N–H and O–H groups in total. The molecule has 1 saturated heterocycles. The zero-order valence-corrected chi connectivity index (χ0v) is 14.8. The average Bonchev–Trinajstić information content (AvgIpc) is 3.06. The number of hydrogen-bond acceptors (Lipinski definition) is 4. The molecule has 0 unspecified atom stereocenters. The van der Waals surface area contributed by atoms with Gasteiger partial charge in [-0.25, -0.2) is 0 Å². The van der Waals surface area contributed by atoms with E-state index in [0.717, 1.165) is 51.2 Å². The molecule has 5 nitrogen and oxygen atoms in total. The van der Waals surface area contributed by atoms with Gasteiger partial charge in [0.05, 0.1) is 6.61 Å². The number of nitrogens with zero attached hydrogens (tertiary/aromatic N) is 4. The Hall–Kier alpha value is -1.88. The highest BCUT2D eigenvalue weighted by atomic mass is 16.5. The SMILES string of the molecule is CCCn1cnnc1C1CCN(Cc2ccccc2OCC)CC1. The predicted molar refractivity (Wildman–Crippen MR) is 95.2 cm³/mol. The Labute approximate surface area is 144 Å².